The maximum Gasteiger partial charge on any atom is 0.345 e. The van der Waals surface area contributed by atoms with E-state index in [0.29, 0.717) is 22.8 Å². The Morgan fingerprint density at radius 3 is 1.94 bits per heavy atom. The molecule has 1 N–H and O–H groups in total. The Hall–Kier alpha value is -2.66. The second kappa shape index (κ2) is 18.6. The number of amides is 1. The zero-order valence-electron chi connectivity index (χ0n) is 21.6. The number of benzene rings is 2. The fraction of sp³-hybridized carbons (Fsp3) is 0.500. The van der Waals surface area contributed by atoms with Crippen LogP contribution >= 0.6 is 11.6 Å². The molecule has 0 saturated heterocycles. The van der Waals surface area contributed by atoms with Crippen LogP contribution in [0.4, 0.5) is 0 Å². The zero-order chi connectivity index (χ0) is 25.8. The molecule has 0 aliphatic rings. The largest absolute Gasteiger partial charge is 0.423 e. The summed E-state index contributed by atoms with van der Waals surface area (Å²) in [6, 6.07) is 13.6. The van der Waals surface area contributed by atoms with E-state index in [0.717, 1.165) is 18.4 Å². The van der Waals surface area contributed by atoms with Crippen LogP contribution in [0, 0.1) is 0 Å². The maximum absolute atomic E-state index is 12.2. The molecule has 0 unspecified atom stereocenters. The van der Waals surface area contributed by atoms with E-state index < -0.39 is 5.97 Å². The van der Waals surface area contributed by atoms with Crippen molar-refractivity contribution in [2.24, 2.45) is 5.10 Å². The van der Waals surface area contributed by atoms with Crippen molar-refractivity contribution in [3.05, 3.63) is 64.7 Å². The van der Waals surface area contributed by atoms with Crippen LogP contribution in [0.3, 0.4) is 0 Å². The van der Waals surface area contributed by atoms with Crippen molar-refractivity contribution in [2.45, 2.75) is 96.8 Å². The van der Waals surface area contributed by atoms with Crippen molar-refractivity contribution in [2.75, 3.05) is 0 Å². The summed E-state index contributed by atoms with van der Waals surface area (Å²) in [5.41, 5.74) is 3.68. The van der Waals surface area contributed by atoms with E-state index in [-0.39, 0.29) is 5.91 Å². The second-order valence-corrected chi connectivity index (χ2v) is 9.63. The number of hydrazone groups is 1. The quantitative estimate of drug-likeness (QED) is 0.0715. The fourth-order valence-electron chi connectivity index (χ4n) is 3.95. The van der Waals surface area contributed by atoms with Gasteiger partial charge in [0.05, 0.1) is 16.8 Å². The van der Waals surface area contributed by atoms with E-state index in [9.17, 15) is 9.59 Å². The Kier molecular flexibility index (Phi) is 15.3. The summed E-state index contributed by atoms with van der Waals surface area (Å²) in [7, 11) is 0. The molecule has 2 aromatic carbocycles. The Balaban J connectivity index is 1.51. The van der Waals surface area contributed by atoms with Crippen LogP contribution < -0.4 is 10.2 Å². The molecular weight excluding hydrogens is 472 g/mol. The van der Waals surface area contributed by atoms with Gasteiger partial charge in [0.15, 0.2) is 0 Å². The number of esters is 1. The summed E-state index contributed by atoms with van der Waals surface area (Å²) in [5.74, 6) is -0.175. The van der Waals surface area contributed by atoms with E-state index in [1.165, 1.54) is 70.6 Å². The lowest BCUT2D eigenvalue weighted by atomic mass is 10.0. The third-order valence-electron chi connectivity index (χ3n) is 6.09. The lowest BCUT2D eigenvalue weighted by Gasteiger charge is -2.06. The molecule has 2 rings (SSSR count). The van der Waals surface area contributed by atoms with Gasteiger partial charge in [0, 0.05) is 6.42 Å². The highest BCUT2D eigenvalue weighted by Gasteiger charge is 2.12. The molecule has 5 nitrogen and oxygen atoms in total. The molecule has 0 bridgehead atoms. The minimum atomic E-state index is -0.512. The molecule has 196 valence electrons. The molecule has 0 atom stereocenters. The average molecular weight is 513 g/mol. The van der Waals surface area contributed by atoms with Gasteiger partial charge in [-0.25, -0.2) is 10.2 Å². The van der Waals surface area contributed by atoms with Crippen molar-refractivity contribution >= 4 is 29.7 Å². The highest BCUT2D eigenvalue weighted by atomic mass is 35.5. The fourth-order valence-corrected chi connectivity index (χ4v) is 4.16. The number of rotatable bonds is 18. The Bertz CT molecular complexity index is 928. The molecule has 6 heteroatoms. The predicted molar refractivity (Wildman–Crippen MR) is 149 cm³/mol. The molecule has 36 heavy (non-hydrogen) atoms. The normalized spacial score (nSPS) is 11.1. The van der Waals surface area contributed by atoms with E-state index in [2.05, 4.69) is 17.5 Å². The van der Waals surface area contributed by atoms with Gasteiger partial charge in [0.2, 0.25) is 5.91 Å². The summed E-state index contributed by atoms with van der Waals surface area (Å²) in [4.78, 5) is 24.2. The first-order valence-corrected chi connectivity index (χ1v) is 13.9. The number of hydrogen-bond donors (Lipinski definition) is 1. The van der Waals surface area contributed by atoms with Gasteiger partial charge in [0.25, 0.3) is 0 Å². The lowest BCUT2D eigenvalue weighted by Crippen LogP contribution is -2.16. The van der Waals surface area contributed by atoms with Crippen LogP contribution in [-0.2, 0) is 4.79 Å². The first-order chi connectivity index (χ1) is 17.6. The predicted octanol–water partition coefficient (Wildman–Crippen LogP) is 8.49. The molecule has 0 radical (unpaired) electrons. The van der Waals surface area contributed by atoms with E-state index in [4.69, 9.17) is 16.3 Å². The van der Waals surface area contributed by atoms with Crippen LogP contribution in [-0.4, -0.2) is 18.1 Å². The van der Waals surface area contributed by atoms with Gasteiger partial charge in [-0.1, -0.05) is 108 Å². The van der Waals surface area contributed by atoms with Crippen LogP contribution in [0.15, 0.2) is 53.6 Å². The number of ether oxygens (including phenoxy) is 1. The molecule has 0 fully saturated rings. The van der Waals surface area contributed by atoms with Crippen molar-refractivity contribution < 1.29 is 14.3 Å². The SMILES string of the molecule is CCCCCCCCCCCCCCCC(=O)NN=Cc1ccc(OC(=O)c2ccccc2Cl)cc1. The Morgan fingerprint density at radius 2 is 1.36 bits per heavy atom. The third kappa shape index (κ3) is 12.9. The van der Waals surface area contributed by atoms with Crippen LogP contribution in [0.1, 0.15) is 113 Å². The number of carbonyl (C=O) groups is 2. The number of halogens is 1. The minimum Gasteiger partial charge on any atom is -0.423 e. The van der Waals surface area contributed by atoms with Gasteiger partial charge in [-0.15, -0.1) is 0 Å². The highest BCUT2D eigenvalue weighted by molar-refractivity contribution is 6.33. The number of nitrogens with one attached hydrogen (secondary N) is 1. The summed E-state index contributed by atoms with van der Waals surface area (Å²) >= 11 is 6.03. The molecule has 0 aliphatic carbocycles. The molecule has 0 saturated carbocycles. The van der Waals surface area contributed by atoms with E-state index >= 15 is 0 Å². The van der Waals surface area contributed by atoms with Gasteiger partial charge >= 0.3 is 5.97 Å². The molecule has 1 amide bonds. The Morgan fingerprint density at radius 1 is 0.806 bits per heavy atom. The Labute approximate surface area is 221 Å². The van der Waals surface area contributed by atoms with Crippen LogP contribution in [0.5, 0.6) is 5.75 Å². The smallest absolute Gasteiger partial charge is 0.345 e. The maximum atomic E-state index is 12.2. The van der Waals surface area contributed by atoms with Gasteiger partial charge in [-0.05, 0) is 48.4 Å². The van der Waals surface area contributed by atoms with Gasteiger partial charge in [0.1, 0.15) is 5.75 Å². The van der Waals surface area contributed by atoms with Crippen molar-refractivity contribution in [1.29, 1.82) is 0 Å². The first-order valence-electron chi connectivity index (χ1n) is 13.5. The van der Waals surface area contributed by atoms with Gasteiger partial charge < -0.3 is 4.74 Å². The average Bonchev–Trinajstić information content (AvgIpc) is 2.88. The van der Waals surface area contributed by atoms with Crippen molar-refractivity contribution in [3.63, 3.8) is 0 Å². The van der Waals surface area contributed by atoms with E-state index in [1.54, 1.807) is 54.7 Å². The topological polar surface area (TPSA) is 67.8 Å². The molecule has 0 aromatic heterocycles. The number of unbranched alkanes of at least 4 members (excludes halogenated alkanes) is 12. The lowest BCUT2D eigenvalue weighted by molar-refractivity contribution is -0.121. The second-order valence-electron chi connectivity index (χ2n) is 9.22. The van der Waals surface area contributed by atoms with Gasteiger partial charge in [-0.3, -0.25) is 4.79 Å². The monoisotopic (exact) mass is 512 g/mol. The first kappa shape index (κ1) is 29.6. The molecule has 0 aliphatic heterocycles. The molecule has 0 spiro atoms. The summed E-state index contributed by atoms with van der Waals surface area (Å²) < 4.78 is 5.35. The number of nitrogens with zero attached hydrogens (tertiary/aromatic N) is 1. The van der Waals surface area contributed by atoms with Crippen LogP contribution in [0.2, 0.25) is 5.02 Å². The van der Waals surface area contributed by atoms with E-state index in [1.807, 2.05) is 0 Å². The highest BCUT2D eigenvalue weighted by Crippen LogP contribution is 2.19. The molecular formula is C30H41ClN2O3. The standard InChI is InChI=1S/C30H41ClN2O3/c1-2-3-4-5-6-7-8-9-10-11-12-13-14-19-29(34)33-32-24-25-20-22-26(23-21-25)36-30(35)27-17-15-16-18-28(27)31/h15-18,20-24H,2-14,19H2,1H3,(H,33,34). The molecule has 0 heterocycles. The summed E-state index contributed by atoms with van der Waals surface area (Å²) in [5, 5.41) is 4.37. The van der Waals surface area contributed by atoms with Crippen LogP contribution in [0.25, 0.3) is 0 Å². The summed E-state index contributed by atoms with van der Waals surface area (Å²) in [6.45, 7) is 2.26. The summed E-state index contributed by atoms with van der Waals surface area (Å²) in [6.07, 6.45) is 18.8. The number of hydrogen-bond acceptors (Lipinski definition) is 4. The molecule has 2 aromatic rings. The van der Waals surface area contributed by atoms with Gasteiger partial charge in [-0.2, -0.15) is 5.10 Å². The zero-order valence-corrected chi connectivity index (χ0v) is 22.4. The number of carbonyl (C=O) groups excluding carboxylic acids is 2. The van der Waals surface area contributed by atoms with Crippen molar-refractivity contribution in [3.8, 4) is 5.75 Å². The minimum absolute atomic E-state index is 0.0698. The third-order valence-corrected chi connectivity index (χ3v) is 6.42. The van der Waals surface area contributed by atoms with Crippen molar-refractivity contribution in [1.82, 2.24) is 5.43 Å².